The average molecular weight is 461 g/mol. The highest BCUT2D eigenvalue weighted by atomic mass is 32.2. The van der Waals surface area contributed by atoms with Gasteiger partial charge >= 0.3 is 0 Å². The second-order valence-electron chi connectivity index (χ2n) is 6.73. The highest BCUT2D eigenvalue weighted by Crippen LogP contribution is 2.22. The quantitative estimate of drug-likeness (QED) is 0.185. The maximum atomic E-state index is 13.2. The van der Waals surface area contributed by atoms with Gasteiger partial charge in [-0.2, -0.15) is 5.10 Å². The largest absolute Gasteiger partial charge is 0.497 e. The number of aromatic nitrogens is 2. The van der Waals surface area contributed by atoms with Crippen LogP contribution in [0.1, 0.15) is 5.76 Å². The first kappa shape index (κ1) is 22.1. The van der Waals surface area contributed by atoms with Crippen LogP contribution in [0.5, 0.6) is 5.75 Å². The van der Waals surface area contributed by atoms with Crippen LogP contribution in [0.4, 0.5) is 0 Å². The van der Waals surface area contributed by atoms with E-state index >= 15 is 0 Å². The number of para-hydroxylation sites is 1. The number of hydrazone groups is 1. The van der Waals surface area contributed by atoms with E-state index in [9.17, 15) is 9.59 Å². The molecule has 1 N–H and O–H groups in total. The third-order valence-corrected chi connectivity index (χ3v) is 5.50. The molecule has 0 aliphatic heterocycles. The van der Waals surface area contributed by atoms with E-state index in [1.807, 2.05) is 6.07 Å². The number of methoxy groups -OCH3 is 1. The molecule has 2 aromatic carbocycles. The van der Waals surface area contributed by atoms with Gasteiger partial charge in [0.05, 0.1) is 35.7 Å². The lowest BCUT2D eigenvalue weighted by Crippen LogP contribution is -2.24. The maximum Gasteiger partial charge on any atom is 0.266 e. The molecule has 0 fully saturated rings. The number of amides is 1. The van der Waals surface area contributed by atoms with Crippen LogP contribution in [0, 0.1) is 0 Å². The lowest BCUT2D eigenvalue weighted by atomic mass is 10.2. The van der Waals surface area contributed by atoms with Gasteiger partial charge in [-0.15, -0.1) is 0 Å². The van der Waals surface area contributed by atoms with Crippen LogP contribution >= 0.6 is 11.8 Å². The Morgan fingerprint density at radius 2 is 2.00 bits per heavy atom. The van der Waals surface area contributed by atoms with Crippen molar-refractivity contribution in [1.29, 1.82) is 0 Å². The first-order valence-corrected chi connectivity index (χ1v) is 11.0. The number of furan rings is 1. The fourth-order valence-corrected chi connectivity index (χ4v) is 3.81. The summed E-state index contributed by atoms with van der Waals surface area (Å²) in [7, 11) is 1.58. The third-order valence-electron chi connectivity index (χ3n) is 4.56. The summed E-state index contributed by atoms with van der Waals surface area (Å²) in [4.78, 5) is 30.1. The summed E-state index contributed by atoms with van der Waals surface area (Å²) in [5.74, 6) is 1.06. The molecule has 0 saturated heterocycles. The molecule has 0 radical (unpaired) electrons. The summed E-state index contributed by atoms with van der Waals surface area (Å²) in [6.45, 7) is 0. The molecule has 0 bridgehead atoms. The van der Waals surface area contributed by atoms with Gasteiger partial charge in [0.2, 0.25) is 0 Å². The molecule has 0 atom stereocenters. The predicted molar refractivity (Wildman–Crippen MR) is 129 cm³/mol. The Kier molecular flexibility index (Phi) is 7.01. The highest BCUT2D eigenvalue weighted by Gasteiger charge is 2.14. The van der Waals surface area contributed by atoms with Crippen molar-refractivity contribution in [1.82, 2.24) is 15.0 Å². The number of fused-ring (bicyclic) bond motifs is 1. The predicted octanol–water partition coefficient (Wildman–Crippen LogP) is 3.89. The van der Waals surface area contributed by atoms with Crippen molar-refractivity contribution in [3.8, 4) is 11.4 Å². The van der Waals surface area contributed by atoms with E-state index in [-0.39, 0.29) is 17.2 Å². The van der Waals surface area contributed by atoms with Gasteiger partial charge in [-0.1, -0.05) is 23.9 Å². The lowest BCUT2D eigenvalue weighted by Gasteiger charge is -2.13. The average Bonchev–Trinajstić information content (AvgIpc) is 3.36. The molecular weight excluding hydrogens is 440 g/mol. The topological polar surface area (TPSA) is 98.7 Å². The van der Waals surface area contributed by atoms with Gasteiger partial charge in [0.25, 0.3) is 11.5 Å². The van der Waals surface area contributed by atoms with E-state index < -0.39 is 0 Å². The number of nitrogens with zero attached hydrogens (tertiary/aromatic N) is 3. The van der Waals surface area contributed by atoms with Crippen LogP contribution in [0.15, 0.2) is 92.5 Å². The minimum absolute atomic E-state index is 0.0279. The van der Waals surface area contributed by atoms with E-state index in [0.717, 1.165) is 11.8 Å². The maximum absolute atomic E-state index is 13.2. The Hall–Kier alpha value is -4.11. The van der Waals surface area contributed by atoms with Crippen LogP contribution < -0.4 is 15.7 Å². The zero-order valence-corrected chi connectivity index (χ0v) is 18.5. The summed E-state index contributed by atoms with van der Waals surface area (Å²) in [6.07, 6.45) is 6.39. The van der Waals surface area contributed by atoms with Gasteiger partial charge in [0.1, 0.15) is 11.5 Å². The Labute approximate surface area is 193 Å². The highest BCUT2D eigenvalue weighted by molar-refractivity contribution is 7.99. The second-order valence-corrected chi connectivity index (χ2v) is 7.67. The van der Waals surface area contributed by atoms with E-state index in [4.69, 9.17) is 9.15 Å². The molecule has 4 rings (SSSR count). The van der Waals surface area contributed by atoms with Crippen molar-refractivity contribution in [2.24, 2.45) is 5.10 Å². The van der Waals surface area contributed by atoms with Crippen molar-refractivity contribution in [2.75, 3.05) is 12.9 Å². The fourth-order valence-electron chi connectivity index (χ4n) is 3.01. The zero-order valence-electron chi connectivity index (χ0n) is 17.7. The number of allylic oxidation sites excluding steroid dienone is 1. The molecule has 9 heteroatoms. The van der Waals surface area contributed by atoms with Crippen LogP contribution in [0.25, 0.3) is 22.7 Å². The summed E-state index contributed by atoms with van der Waals surface area (Å²) in [5, 5.41) is 4.78. The van der Waals surface area contributed by atoms with Crippen molar-refractivity contribution >= 4 is 40.9 Å². The number of carbonyl (C=O) groups is 1. The summed E-state index contributed by atoms with van der Waals surface area (Å²) < 4.78 is 11.9. The molecule has 33 heavy (non-hydrogen) atoms. The molecule has 166 valence electrons. The summed E-state index contributed by atoms with van der Waals surface area (Å²) in [5.41, 5.74) is 3.44. The van der Waals surface area contributed by atoms with E-state index in [2.05, 4.69) is 15.5 Å². The third kappa shape index (κ3) is 5.39. The lowest BCUT2D eigenvalue weighted by molar-refractivity contribution is -0.118. The molecule has 0 spiro atoms. The van der Waals surface area contributed by atoms with Crippen LogP contribution in [0.2, 0.25) is 0 Å². The van der Waals surface area contributed by atoms with Gasteiger partial charge in [-0.25, -0.2) is 10.4 Å². The van der Waals surface area contributed by atoms with Gasteiger partial charge in [-0.3, -0.25) is 14.2 Å². The molecule has 0 saturated carbocycles. The number of hydrogen-bond acceptors (Lipinski definition) is 7. The van der Waals surface area contributed by atoms with Crippen molar-refractivity contribution in [3.05, 3.63) is 89.1 Å². The number of rotatable bonds is 8. The smallest absolute Gasteiger partial charge is 0.266 e. The zero-order chi connectivity index (χ0) is 23.0. The van der Waals surface area contributed by atoms with Crippen molar-refractivity contribution < 1.29 is 13.9 Å². The molecule has 0 aliphatic carbocycles. The number of nitrogens with one attached hydrogen (secondary N) is 1. The van der Waals surface area contributed by atoms with E-state index in [1.165, 1.54) is 10.8 Å². The number of ether oxygens (including phenoxy) is 1. The number of carbonyl (C=O) groups excluding carboxylic acids is 1. The molecule has 0 unspecified atom stereocenters. The van der Waals surface area contributed by atoms with E-state index in [1.54, 1.807) is 80.1 Å². The molecule has 0 aliphatic rings. The summed E-state index contributed by atoms with van der Waals surface area (Å²) >= 11 is 1.15. The van der Waals surface area contributed by atoms with Gasteiger partial charge < -0.3 is 9.15 Å². The minimum Gasteiger partial charge on any atom is -0.497 e. The Morgan fingerprint density at radius 1 is 1.18 bits per heavy atom. The second kappa shape index (κ2) is 10.5. The van der Waals surface area contributed by atoms with Gasteiger partial charge in [-0.05, 0) is 60.7 Å². The van der Waals surface area contributed by atoms with Crippen LogP contribution in [-0.2, 0) is 4.79 Å². The normalized spacial score (nSPS) is 11.4. The van der Waals surface area contributed by atoms with Crippen molar-refractivity contribution in [3.63, 3.8) is 0 Å². The number of hydrogen-bond donors (Lipinski definition) is 1. The SMILES string of the molecule is COc1ccc(-n2c(SCC(=O)N/N=C/C=C/c3ccco3)nc3ccccc3c2=O)cc1. The minimum atomic E-state index is -0.327. The molecule has 2 heterocycles. The van der Waals surface area contributed by atoms with Crippen LogP contribution in [0.3, 0.4) is 0 Å². The van der Waals surface area contributed by atoms with E-state index in [0.29, 0.717) is 33.3 Å². The van der Waals surface area contributed by atoms with Crippen molar-refractivity contribution in [2.45, 2.75) is 5.16 Å². The fraction of sp³-hybridized carbons (Fsp3) is 0.0833. The molecule has 4 aromatic rings. The Balaban J connectivity index is 1.52. The first-order chi connectivity index (χ1) is 16.2. The standard InChI is InChI=1S/C24H20N4O4S/c1-31-18-12-10-17(11-13-18)28-23(30)20-8-2-3-9-21(20)26-24(28)33-16-22(29)27-25-14-4-6-19-7-5-15-32-19/h2-15H,16H2,1H3,(H,27,29)/b6-4+,25-14+. The molecule has 8 nitrogen and oxygen atoms in total. The van der Waals surface area contributed by atoms with Crippen LogP contribution in [-0.4, -0.2) is 34.5 Å². The molecule has 1 amide bonds. The first-order valence-electron chi connectivity index (χ1n) is 9.97. The summed E-state index contributed by atoms with van der Waals surface area (Å²) in [6, 6.07) is 17.8. The Bertz CT molecular complexity index is 1360. The Morgan fingerprint density at radius 3 is 2.76 bits per heavy atom. The molecular formula is C24H20N4O4S. The molecule has 2 aromatic heterocycles. The van der Waals surface area contributed by atoms with Gasteiger partial charge in [0.15, 0.2) is 5.16 Å². The number of thioether (sulfide) groups is 1. The number of benzene rings is 2. The monoisotopic (exact) mass is 460 g/mol. The van der Waals surface area contributed by atoms with Gasteiger partial charge in [0, 0.05) is 6.21 Å².